The fourth-order valence-electron chi connectivity index (χ4n) is 3.09. The maximum atomic E-state index is 12.9. The monoisotopic (exact) mass is 485 g/mol. The number of hydrogen-bond donors (Lipinski definition) is 2. The minimum Gasteiger partial charge on any atom is -0.350 e. The minimum absolute atomic E-state index is 0.0887. The number of anilines is 3. The Morgan fingerprint density at radius 3 is 2.00 bits per heavy atom. The van der Waals surface area contributed by atoms with E-state index in [1.54, 1.807) is 36.4 Å². The highest BCUT2D eigenvalue weighted by atomic mass is 35.5. The molecule has 1 aliphatic rings. The lowest BCUT2D eigenvalue weighted by Gasteiger charge is -2.16. The van der Waals surface area contributed by atoms with Crippen LogP contribution in [0.15, 0.2) is 83.5 Å². The lowest BCUT2D eigenvalue weighted by atomic mass is 10.2. The van der Waals surface area contributed by atoms with Crippen molar-refractivity contribution in [3.8, 4) is 0 Å². The number of imide groups is 1. The van der Waals surface area contributed by atoms with Gasteiger partial charge in [-0.2, -0.15) is 0 Å². The predicted octanol–water partition coefficient (Wildman–Crippen LogP) is 5.68. The Balaban J connectivity index is 1.50. The van der Waals surface area contributed by atoms with Crippen molar-refractivity contribution in [3.63, 3.8) is 0 Å². The smallest absolute Gasteiger partial charge is 0.283 e. The molecule has 0 spiro atoms. The van der Waals surface area contributed by atoms with Gasteiger partial charge in [0.25, 0.3) is 17.7 Å². The molecule has 0 saturated carbocycles. The summed E-state index contributed by atoms with van der Waals surface area (Å²) in [6.07, 6.45) is 0. The molecule has 0 unspecified atom stereocenters. The summed E-state index contributed by atoms with van der Waals surface area (Å²) in [4.78, 5) is 38.8. The fourth-order valence-corrected chi connectivity index (χ4v) is 3.82. The molecule has 160 valence electrons. The number of nitrogens with one attached hydrogen (secondary N) is 2. The van der Waals surface area contributed by atoms with Gasteiger partial charge in [-0.3, -0.25) is 14.4 Å². The first-order valence-electron chi connectivity index (χ1n) is 9.31. The van der Waals surface area contributed by atoms with Crippen LogP contribution in [-0.2, 0) is 9.59 Å². The van der Waals surface area contributed by atoms with Crippen LogP contribution in [0.25, 0.3) is 0 Å². The SMILES string of the molecule is O=C(Nc1ccccc1)c1ccc(NC2=C(Cl)C(=O)N(c3cc(Cl)cc(Cl)c3)C2=O)cc1. The van der Waals surface area contributed by atoms with Crippen LogP contribution in [0.3, 0.4) is 0 Å². The molecule has 3 aromatic rings. The number of halogens is 3. The molecule has 3 aromatic carbocycles. The number of carbonyl (C=O) groups excluding carboxylic acids is 3. The van der Waals surface area contributed by atoms with Crippen molar-refractivity contribution < 1.29 is 14.4 Å². The third-order valence-corrected chi connectivity index (χ3v) is 5.37. The highest BCUT2D eigenvalue weighted by Gasteiger charge is 2.39. The highest BCUT2D eigenvalue weighted by molar-refractivity contribution is 6.53. The summed E-state index contributed by atoms with van der Waals surface area (Å²) in [5, 5.41) is 5.92. The van der Waals surface area contributed by atoms with Crippen molar-refractivity contribution in [1.82, 2.24) is 0 Å². The number of carbonyl (C=O) groups is 3. The topological polar surface area (TPSA) is 78.5 Å². The van der Waals surface area contributed by atoms with E-state index in [4.69, 9.17) is 34.8 Å². The minimum atomic E-state index is -0.698. The molecule has 0 atom stereocenters. The average Bonchev–Trinajstić information content (AvgIpc) is 2.97. The van der Waals surface area contributed by atoms with Gasteiger partial charge >= 0.3 is 0 Å². The molecular formula is C23H14Cl3N3O3. The predicted molar refractivity (Wildman–Crippen MR) is 126 cm³/mol. The summed E-state index contributed by atoms with van der Waals surface area (Å²) in [6, 6.07) is 19.8. The summed E-state index contributed by atoms with van der Waals surface area (Å²) >= 11 is 18.1. The summed E-state index contributed by atoms with van der Waals surface area (Å²) in [5.74, 6) is -1.63. The zero-order chi connectivity index (χ0) is 22.8. The van der Waals surface area contributed by atoms with Crippen LogP contribution in [-0.4, -0.2) is 17.7 Å². The number of hydrogen-bond acceptors (Lipinski definition) is 4. The lowest BCUT2D eigenvalue weighted by molar-refractivity contribution is -0.120. The first-order valence-corrected chi connectivity index (χ1v) is 10.4. The quantitative estimate of drug-likeness (QED) is 0.455. The highest BCUT2D eigenvalue weighted by Crippen LogP contribution is 2.33. The summed E-state index contributed by atoms with van der Waals surface area (Å²) < 4.78 is 0. The van der Waals surface area contributed by atoms with Gasteiger partial charge in [0.1, 0.15) is 10.7 Å². The van der Waals surface area contributed by atoms with E-state index in [9.17, 15) is 14.4 Å². The molecule has 0 radical (unpaired) electrons. The molecule has 6 nitrogen and oxygen atoms in total. The Bertz CT molecular complexity index is 1240. The molecule has 4 rings (SSSR count). The summed E-state index contributed by atoms with van der Waals surface area (Å²) in [7, 11) is 0. The van der Waals surface area contributed by atoms with Crippen molar-refractivity contribution in [2.75, 3.05) is 15.5 Å². The van der Waals surface area contributed by atoms with E-state index >= 15 is 0 Å². The zero-order valence-corrected chi connectivity index (χ0v) is 18.5. The standard InChI is InChI=1S/C23H14Cl3N3O3/c24-14-10-15(25)12-18(11-14)29-22(31)19(26)20(23(29)32)27-17-8-6-13(7-9-17)21(30)28-16-4-2-1-3-5-16/h1-12,27H,(H,28,30). The Labute approximate surface area is 198 Å². The third kappa shape index (κ3) is 4.48. The van der Waals surface area contributed by atoms with E-state index in [1.165, 1.54) is 18.2 Å². The van der Waals surface area contributed by atoms with Gasteiger partial charge in [-0.1, -0.05) is 53.0 Å². The van der Waals surface area contributed by atoms with Gasteiger partial charge < -0.3 is 10.6 Å². The number of rotatable bonds is 5. The molecule has 1 aliphatic heterocycles. The molecule has 2 N–H and O–H groups in total. The summed E-state index contributed by atoms with van der Waals surface area (Å²) in [5.41, 5.74) is 1.69. The molecule has 32 heavy (non-hydrogen) atoms. The van der Waals surface area contributed by atoms with Crippen molar-refractivity contribution in [3.05, 3.63) is 99.1 Å². The van der Waals surface area contributed by atoms with Gasteiger partial charge in [0.15, 0.2) is 0 Å². The van der Waals surface area contributed by atoms with Crippen LogP contribution >= 0.6 is 34.8 Å². The zero-order valence-electron chi connectivity index (χ0n) is 16.2. The van der Waals surface area contributed by atoms with Gasteiger partial charge in [0.05, 0.1) is 5.69 Å². The van der Waals surface area contributed by atoms with E-state index in [0.29, 0.717) is 16.9 Å². The molecule has 0 bridgehead atoms. The third-order valence-electron chi connectivity index (χ3n) is 4.58. The Morgan fingerprint density at radius 1 is 0.750 bits per heavy atom. The number of benzene rings is 3. The maximum absolute atomic E-state index is 12.9. The van der Waals surface area contributed by atoms with Crippen LogP contribution in [0.4, 0.5) is 17.1 Å². The molecule has 3 amide bonds. The van der Waals surface area contributed by atoms with Crippen molar-refractivity contribution in [2.24, 2.45) is 0 Å². The molecule has 0 aliphatic carbocycles. The van der Waals surface area contributed by atoms with Crippen LogP contribution in [0.5, 0.6) is 0 Å². The van der Waals surface area contributed by atoms with Gasteiger partial charge in [-0.05, 0) is 54.6 Å². The first kappa shape index (κ1) is 21.9. The number of nitrogens with zero attached hydrogens (tertiary/aromatic N) is 1. The molecule has 0 fully saturated rings. The van der Waals surface area contributed by atoms with E-state index in [-0.39, 0.29) is 32.4 Å². The van der Waals surface area contributed by atoms with Crippen molar-refractivity contribution >= 4 is 69.6 Å². The molecule has 0 saturated heterocycles. The van der Waals surface area contributed by atoms with Gasteiger partial charge in [-0.15, -0.1) is 0 Å². The van der Waals surface area contributed by atoms with Gasteiger partial charge in [0, 0.05) is 27.0 Å². The Kier molecular flexibility index (Phi) is 6.19. The van der Waals surface area contributed by atoms with Gasteiger partial charge in [-0.25, -0.2) is 4.90 Å². The maximum Gasteiger partial charge on any atom is 0.283 e. The van der Waals surface area contributed by atoms with Crippen LogP contribution in [0, 0.1) is 0 Å². The van der Waals surface area contributed by atoms with E-state index in [0.717, 1.165) is 4.90 Å². The second kappa shape index (κ2) is 9.04. The van der Waals surface area contributed by atoms with Crippen LogP contribution < -0.4 is 15.5 Å². The molecule has 1 heterocycles. The van der Waals surface area contributed by atoms with E-state index in [2.05, 4.69) is 10.6 Å². The Morgan fingerprint density at radius 2 is 1.38 bits per heavy atom. The summed E-state index contributed by atoms with van der Waals surface area (Å²) in [6.45, 7) is 0. The largest absolute Gasteiger partial charge is 0.350 e. The second-order valence-electron chi connectivity index (χ2n) is 6.78. The van der Waals surface area contributed by atoms with E-state index < -0.39 is 11.8 Å². The first-order chi connectivity index (χ1) is 15.3. The molecule has 0 aromatic heterocycles. The number of para-hydroxylation sites is 1. The fraction of sp³-hybridized carbons (Fsp3) is 0. The van der Waals surface area contributed by atoms with Gasteiger partial charge in [0.2, 0.25) is 0 Å². The van der Waals surface area contributed by atoms with Crippen molar-refractivity contribution in [1.29, 1.82) is 0 Å². The lowest BCUT2D eigenvalue weighted by Crippen LogP contribution is -2.32. The second-order valence-corrected chi connectivity index (χ2v) is 8.04. The van der Waals surface area contributed by atoms with Crippen LogP contribution in [0.1, 0.15) is 10.4 Å². The molecular weight excluding hydrogens is 473 g/mol. The van der Waals surface area contributed by atoms with E-state index in [1.807, 2.05) is 18.2 Å². The Hall–Kier alpha value is -3.32. The van der Waals surface area contributed by atoms with Crippen LogP contribution in [0.2, 0.25) is 10.0 Å². The van der Waals surface area contributed by atoms with Crippen molar-refractivity contribution in [2.45, 2.75) is 0 Å². The average molecular weight is 487 g/mol. The number of amides is 3. The normalized spacial score (nSPS) is 13.5. The molecule has 9 heteroatoms.